The Balaban J connectivity index is 1.27. The van der Waals surface area contributed by atoms with Gasteiger partial charge in [0.15, 0.2) is 0 Å². The lowest BCUT2D eigenvalue weighted by atomic mass is 9.59. The Hall–Kier alpha value is -1.92. The normalized spacial score (nSPS) is 28.6. The van der Waals surface area contributed by atoms with E-state index in [1.54, 1.807) is 0 Å². The van der Waals surface area contributed by atoms with Gasteiger partial charge < -0.3 is 20.1 Å². The van der Waals surface area contributed by atoms with Gasteiger partial charge in [-0.3, -0.25) is 4.79 Å². The van der Waals surface area contributed by atoms with Crippen LogP contribution in [0.5, 0.6) is 5.75 Å². The third-order valence-corrected chi connectivity index (χ3v) is 7.05. The predicted molar refractivity (Wildman–Crippen MR) is 109 cm³/mol. The molecule has 0 unspecified atom stereocenters. The molecule has 5 nitrogen and oxygen atoms in total. The Morgan fingerprint density at radius 3 is 2.52 bits per heavy atom. The third-order valence-electron chi connectivity index (χ3n) is 7.05. The van der Waals surface area contributed by atoms with Crippen molar-refractivity contribution < 1.29 is 18.7 Å². The molecule has 1 spiro atoms. The van der Waals surface area contributed by atoms with Crippen LogP contribution in [0.15, 0.2) is 36.2 Å². The van der Waals surface area contributed by atoms with Crippen molar-refractivity contribution in [1.29, 1.82) is 0 Å². The fourth-order valence-corrected chi connectivity index (χ4v) is 5.00. The van der Waals surface area contributed by atoms with E-state index in [4.69, 9.17) is 15.2 Å². The SMILES string of the molecule is CC1(c2ccc(OC/C(=C/F)CN)cc2)CC(C(=O)N2CC3(CCOCC3)C2)C1. The molecule has 2 N–H and O–H groups in total. The lowest BCUT2D eigenvalue weighted by Crippen LogP contribution is -2.62. The quantitative estimate of drug-likeness (QED) is 0.794. The summed E-state index contributed by atoms with van der Waals surface area (Å²) in [7, 11) is 0. The molecule has 2 heterocycles. The van der Waals surface area contributed by atoms with Gasteiger partial charge in [-0.15, -0.1) is 0 Å². The van der Waals surface area contributed by atoms with E-state index < -0.39 is 0 Å². The van der Waals surface area contributed by atoms with E-state index in [-0.39, 0.29) is 24.5 Å². The molecule has 1 saturated carbocycles. The van der Waals surface area contributed by atoms with Gasteiger partial charge >= 0.3 is 0 Å². The molecule has 158 valence electrons. The standard InChI is InChI=1S/C23H31FN2O3/c1-22(19-2-4-20(5-3-19)29-14-17(12-24)13-25)10-18(11-22)21(27)26-15-23(16-26)6-8-28-9-7-23/h2-5,12,18H,6-11,13-16,25H2,1H3/b17-12+. The Morgan fingerprint density at radius 1 is 1.28 bits per heavy atom. The van der Waals surface area contributed by atoms with Gasteiger partial charge in [-0.2, -0.15) is 0 Å². The fraction of sp³-hybridized carbons (Fsp3) is 0.609. The molecule has 1 aromatic rings. The van der Waals surface area contributed by atoms with E-state index in [2.05, 4.69) is 24.0 Å². The van der Waals surface area contributed by atoms with Crippen LogP contribution in [0.25, 0.3) is 0 Å². The van der Waals surface area contributed by atoms with Crippen molar-refractivity contribution in [2.45, 2.75) is 38.0 Å². The van der Waals surface area contributed by atoms with E-state index in [9.17, 15) is 9.18 Å². The van der Waals surface area contributed by atoms with Crippen LogP contribution in [0.4, 0.5) is 4.39 Å². The maximum Gasteiger partial charge on any atom is 0.225 e. The molecule has 3 fully saturated rings. The number of halogens is 1. The molecule has 6 heteroatoms. The number of benzene rings is 1. The minimum Gasteiger partial charge on any atom is -0.489 e. The molecule has 0 radical (unpaired) electrons. The lowest BCUT2D eigenvalue weighted by molar-refractivity contribution is -0.159. The van der Waals surface area contributed by atoms with E-state index in [0.29, 0.717) is 29.0 Å². The highest BCUT2D eigenvalue weighted by atomic mass is 19.1. The van der Waals surface area contributed by atoms with Crippen LogP contribution in [0.2, 0.25) is 0 Å². The molecular formula is C23H31FN2O3. The summed E-state index contributed by atoms with van der Waals surface area (Å²) in [6, 6.07) is 7.93. The van der Waals surface area contributed by atoms with Gasteiger partial charge in [0.25, 0.3) is 0 Å². The molecule has 1 aliphatic carbocycles. The number of nitrogens with two attached hydrogens (primary N) is 1. The van der Waals surface area contributed by atoms with E-state index >= 15 is 0 Å². The van der Waals surface area contributed by atoms with Gasteiger partial charge in [0.1, 0.15) is 12.4 Å². The van der Waals surface area contributed by atoms with Gasteiger partial charge in [-0.1, -0.05) is 19.1 Å². The molecule has 4 rings (SSSR count). The highest BCUT2D eigenvalue weighted by Crippen LogP contribution is 2.50. The summed E-state index contributed by atoms with van der Waals surface area (Å²) in [5.41, 5.74) is 7.45. The number of ether oxygens (including phenoxy) is 2. The Morgan fingerprint density at radius 2 is 1.93 bits per heavy atom. The zero-order chi connectivity index (χ0) is 20.5. The van der Waals surface area contributed by atoms with Crippen LogP contribution in [0.1, 0.15) is 38.2 Å². The van der Waals surface area contributed by atoms with Crippen LogP contribution in [-0.4, -0.2) is 50.3 Å². The van der Waals surface area contributed by atoms with Crippen molar-refractivity contribution in [2.24, 2.45) is 17.1 Å². The number of carbonyl (C=O) groups is 1. The Bertz CT molecular complexity index is 757. The summed E-state index contributed by atoms with van der Waals surface area (Å²) in [4.78, 5) is 14.9. The van der Waals surface area contributed by atoms with Crippen molar-refractivity contribution >= 4 is 5.91 Å². The number of hydrogen-bond donors (Lipinski definition) is 1. The zero-order valence-corrected chi connectivity index (χ0v) is 17.2. The van der Waals surface area contributed by atoms with E-state index in [0.717, 1.165) is 52.0 Å². The first kappa shape index (κ1) is 20.4. The first-order valence-electron chi connectivity index (χ1n) is 10.6. The maximum absolute atomic E-state index is 12.8. The van der Waals surface area contributed by atoms with Gasteiger partial charge in [0.2, 0.25) is 5.91 Å². The van der Waals surface area contributed by atoms with Gasteiger partial charge in [0.05, 0.1) is 6.33 Å². The van der Waals surface area contributed by atoms with Gasteiger partial charge in [0, 0.05) is 49.8 Å². The van der Waals surface area contributed by atoms with Crippen LogP contribution >= 0.6 is 0 Å². The van der Waals surface area contributed by atoms with Crippen LogP contribution in [0.3, 0.4) is 0 Å². The van der Waals surface area contributed by atoms with Crippen molar-refractivity contribution in [3.05, 3.63) is 41.7 Å². The smallest absolute Gasteiger partial charge is 0.225 e. The molecule has 29 heavy (non-hydrogen) atoms. The van der Waals surface area contributed by atoms with Gasteiger partial charge in [-0.05, 0) is 48.8 Å². The summed E-state index contributed by atoms with van der Waals surface area (Å²) in [6.45, 7) is 6.01. The number of amides is 1. The zero-order valence-electron chi connectivity index (χ0n) is 17.2. The van der Waals surface area contributed by atoms with Crippen LogP contribution < -0.4 is 10.5 Å². The highest BCUT2D eigenvalue weighted by Gasteiger charge is 2.51. The summed E-state index contributed by atoms with van der Waals surface area (Å²) in [5, 5.41) is 0. The predicted octanol–water partition coefficient (Wildman–Crippen LogP) is 3.18. The van der Waals surface area contributed by atoms with Crippen molar-refractivity contribution in [3.8, 4) is 5.75 Å². The first-order valence-corrected chi connectivity index (χ1v) is 10.6. The monoisotopic (exact) mass is 402 g/mol. The van der Waals surface area contributed by atoms with Gasteiger partial charge in [-0.25, -0.2) is 4.39 Å². The highest BCUT2D eigenvalue weighted by molar-refractivity contribution is 5.81. The van der Waals surface area contributed by atoms with Crippen LogP contribution in [-0.2, 0) is 14.9 Å². The average Bonchev–Trinajstić information content (AvgIpc) is 2.71. The Labute approximate surface area is 172 Å². The van der Waals surface area contributed by atoms with Crippen molar-refractivity contribution in [3.63, 3.8) is 0 Å². The first-order chi connectivity index (χ1) is 14.0. The third kappa shape index (κ3) is 4.05. The number of rotatable bonds is 6. The minimum atomic E-state index is 0.0291. The number of hydrogen-bond acceptors (Lipinski definition) is 4. The van der Waals surface area contributed by atoms with E-state index in [1.165, 1.54) is 5.56 Å². The average molecular weight is 403 g/mol. The molecular weight excluding hydrogens is 371 g/mol. The molecule has 2 aliphatic heterocycles. The molecule has 0 aromatic heterocycles. The summed E-state index contributed by atoms with van der Waals surface area (Å²) < 4.78 is 23.6. The summed E-state index contributed by atoms with van der Waals surface area (Å²) in [5.74, 6) is 1.15. The van der Waals surface area contributed by atoms with Crippen LogP contribution in [0, 0.1) is 11.3 Å². The Kier molecular flexibility index (Phi) is 5.67. The molecule has 2 saturated heterocycles. The maximum atomic E-state index is 12.8. The number of likely N-dealkylation sites (tertiary alicyclic amines) is 1. The van der Waals surface area contributed by atoms with Crippen molar-refractivity contribution in [1.82, 2.24) is 4.90 Å². The molecule has 1 aromatic carbocycles. The summed E-state index contributed by atoms with van der Waals surface area (Å²) >= 11 is 0. The molecule has 3 aliphatic rings. The lowest BCUT2D eigenvalue weighted by Gasteiger charge is -2.55. The second-order valence-corrected chi connectivity index (χ2v) is 9.26. The fourth-order valence-electron chi connectivity index (χ4n) is 5.00. The van der Waals surface area contributed by atoms with E-state index in [1.807, 2.05) is 12.1 Å². The van der Waals surface area contributed by atoms with Crippen molar-refractivity contribution in [2.75, 3.05) is 39.5 Å². The number of nitrogens with zero attached hydrogens (tertiary/aromatic N) is 1. The largest absolute Gasteiger partial charge is 0.489 e. The number of carbonyl (C=O) groups excluding carboxylic acids is 1. The minimum absolute atomic E-state index is 0.0291. The second kappa shape index (κ2) is 8.07. The summed E-state index contributed by atoms with van der Waals surface area (Å²) in [6.07, 6.45) is 4.45. The molecule has 0 atom stereocenters. The molecule has 0 bridgehead atoms. The second-order valence-electron chi connectivity index (χ2n) is 9.26. The topological polar surface area (TPSA) is 64.8 Å². The molecule has 1 amide bonds.